The van der Waals surface area contributed by atoms with Crippen LogP contribution in [0.15, 0.2) is 66.3 Å². The van der Waals surface area contributed by atoms with Crippen LogP contribution in [-0.4, -0.2) is 139 Å². The summed E-state index contributed by atoms with van der Waals surface area (Å²) >= 11 is 3.03. The van der Waals surface area contributed by atoms with Crippen molar-refractivity contribution in [3.05, 3.63) is 83.0 Å². The Kier molecular flexibility index (Phi) is 13.8. The van der Waals surface area contributed by atoms with E-state index in [1.54, 1.807) is 12.2 Å². The first kappa shape index (κ1) is 52.3. The highest BCUT2D eigenvalue weighted by atomic mass is 79.9. The molecule has 8 fully saturated rings. The van der Waals surface area contributed by atoms with Gasteiger partial charge in [0, 0.05) is 40.8 Å². The second-order valence-electron chi connectivity index (χ2n) is 22.2. The lowest BCUT2D eigenvalue weighted by molar-refractivity contribution is -0.271. The first-order valence-corrected chi connectivity index (χ1v) is 26.3. The average molecular weight is 1090 g/mol. The number of halogens is 1. The van der Waals surface area contributed by atoms with Crippen LogP contribution in [0.5, 0.6) is 5.75 Å². The second-order valence-corrected chi connectivity index (χ2v) is 22.8. The number of ether oxygens (including phenoxy) is 5. The maximum absolute atomic E-state index is 14.0. The predicted molar refractivity (Wildman–Crippen MR) is 261 cm³/mol. The van der Waals surface area contributed by atoms with Crippen LogP contribution in [0.3, 0.4) is 0 Å². The largest absolute Gasteiger partial charge is 0.479 e. The summed E-state index contributed by atoms with van der Waals surface area (Å²) in [6.45, 7) is 3.17. The topological polar surface area (TPSA) is 306 Å². The molecule has 398 valence electrons. The van der Waals surface area contributed by atoms with Crippen LogP contribution in [0.2, 0.25) is 0 Å². The molecular weight excluding hydrogens is 1030 g/mol. The number of hydrogen-bond donors (Lipinski definition) is 9. The minimum absolute atomic E-state index is 0.00216. The molecule has 14 atom stereocenters. The van der Waals surface area contributed by atoms with E-state index in [9.17, 15) is 59.4 Å². The molecule has 9 aliphatic rings. The van der Waals surface area contributed by atoms with E-state index in [1.165, 1.54) is 18.2 Å². The Morgan fingerprint density at radius 2 is 1.65 bits per heavy atom. The zero-order valence-corrected chi connectivity index (χ0v) is 42.5. The number of hydrogen-bond acceptors (Lipinski definition) is 16. The lowest BCUT2D eigenvalue weighted by Gasteiger charge is -2.70. The number of rotatable bonds is 16. The Hall–Kier alpha value is -5.10. The molecule has 9 N–H and O–H groups in total. The summed E-state index contributed by atoms with van der Waals surface area (Å²) in [5.41, 5.74) is 0.0944. The minimum atomic E-state index is -1.95. The molecule has 6 saturated carbocycles. The van der Waals surface area contributed by atoms with Crippen molar-refractivity contribution in [2.45, 2.75) is 139 Å². The molecule has 0 spiro atoms. The number of amides is 3. The van der Waals surface area contributed by atoms with Crippen molar-refractivity contribution in [3.8, 4) is 5.75 Å². The number of nitrogens with one attached hydrogen (secondary N) is 3. The Bertz CT molecular complexity index is 2660. The van der Waals surface area contributed by atoms with Crippen molar-refractivity contribution in [1.29, 1.82) is 0 Å². The van der Waals surface area contributed by atoms with Crippen molar-refractivity contribution in [3.63, 3.8) is 0 Å². The number of alkyl carbamates (subject to hydrolysis) is 1. The normalized spacial score (nSPS) is 39.1. The van der Waals surface area contributed by atoms with Gasteiger partial charge in [0.2, 0.25) is 18.1 Å². The molecule has 2 aromatic rings. The van der Waals surface area contributed by atoms with E-state index in [0.717, 1.165) is 55.2 Å². The summed E-state index contributed by atoms with van der Waals surface area (Å²) in [4.78, 5) is 75.7. The lowest BCUT2D eigenvalue weighted by Crippen LogP contribution is -2.75. The molecule has 0 radical (unpaired) electrons. The zero-order chi connectivity index (χ0) is 52.7. The number of aliphatic carboxylic acids is 1. The first-order valence-electron chi connectivity index (χ1n) is 25.1. The van der Waals surface area contributed by atoms with E-state index >= 15 is 0 Å². The Balaban J connectivity index is 0.739. The van der Waals surface area contributed by atoms with Gasteiger partial charge in [0.05, 0.1) is 23.2 Å². The SMILES string of the molecule is C[C@]12C=CC(=O)C=C1CC[C@@H]1[C@@H]2[C@@H](O)C[C@@]2(C)[C@H]1C[C@H]1O[C@H](c3ccc(CC45CC(NC(=O)OCc6ccc(O[C@@H]7O[C@H](C(=O)O)[C@@H](O)[C@H](O)[C@H]7O)c(NC(=O)CCNC(=O)CBr)c6)(C4)C5)cc3)O[C@]12C(=O)CO. The van der Waals surface area contributed by atoms with Gasteiger partial charge in [-0.1, -0.05) is 71.8 Å². The molecule has 20 nitrogen and oxygen atoms in total. The molecule has 0 aromatic heterocycles. The molecule has 2 aliphatic heterocycles. The van der Waals surface area contributed by atoms with Gasteiger partial charge in [-0.15, -0.1) is 0 Å². The highest BCUT2D eigenvalue weighted by Crippen LogP contribution is 2.71. The highest BCUT2D eigenvalue weighted by molar-refractivity contribution is 9.09. The van der Waals surface area contributed by atoms with Gasteiger partial charge in [-0.05, 0) is 104 Å². The summed E-state index contributed by atoms with van der Waals surface area (Å²) < 4.78 is 30.0. The number of carboxylic acid groups (broad SMARTS) is 1. The van der Waals surface area contributed by atoms with Gasteiger partial charge in [-0.3, -0.25) is 19.2 Å². The number of Topliss-reactive ketones (excluding diaryl/α,β-unsaturated/α-hetero) is 1. The summed E-state index contributed by atoms with van der Waals surface area (Å²) in [5.74, 6) is -3.20. The minimum Gasteiger partial charge on any atom is -0.479 e. The number of fused-ring (bicyclic) bond motifs is 7. The van der Waals surface area contributed by atoms with Gasteiger partial charge in [-0.2, -0.15) is 0 Å². The summed E-state index contributed by atoms with van der Waals surface area (Å²) in [6, 6.07) is 12.2. The molecule has 2 saturated heterocycles. The number of carbonyl (C=O) groups is 6. The van der Waals surface area contributed by atoms with E-state index in [-0.39, 0.29) is 77.6 Å². The molecule has 2 aromatic carbocycles. The number of aliphatic hydroxyl groups is 5. The Labute approximate surface area is 434 Å². The quantitative estimate of drug-likeness (QED) is 0.109. The van der Waals surface area contributed by atoms with Crippen molar-refractivity contribution in [2.24, 2.45) is 34.0 Å². The van der Waals surface area contributed by atoms with E-state index < -0.39 is 102 Å². The smallest absolute Gasteiger partial charge is 0.407 e. The van der Waals surface area contributed by atoms with Crippen LogP contribution >= 0.6 is 15.9 Å². The highest BCUT2D eigenvalue weighted by Gasteiger charge is 2.76. The van der Waals surface area contributed by atoms with Crippen LogP contribution in [0.25, 0.3) is 0 Å². The van der Waals surface area contributed by atoms with Crippen molar-refractivity contribution in [2.75, 3.05) is 23.8 Å². The lowest BCUT2D eigenvalue weighted by atomic mass is 9.38. The summed E-state index contributed by atoms with van der Waals surface area (Å²) in [5, 5.41) is 71.1. The maximum atomic E-state index is 14.0. The summed E-state index contributed by atoms with van der Waals surface area (Å²) in [6.07, 6.45) is -1.96. The number of aliphatic hydroxyl groups excluding tert-OH is 5. The predicted octanol–water partition coefficient (Wildman–Crippen LogP) is 2.79. The molecular formula is C53H62BrN3O17. The number of anilines is 1. The molecule has 2 heterocycles. The van der Waals surface area contributed by atoms with E-state index in [4.69, 9.17) is 23.7 Å². The van der Waals surface area contributed by atoms with E-state index in [1.807, 2.05) is 37.3 Å². The number of benzene rings is 2. The van der Waals surface area contributed by atoms with Crippen molar-refractivity contribution >= 4 is 57.1 Å². The number of alkyl halides is 1. The number of carboxylic acids is 1. The zero-order valence-electron chi connectivity index (χ0n) is 40.9. The third-order valence-electron chi connectivity index (χ3n) is 17.7. The van der Waals surface area contributed by atoms with Gasteiger partial charge in [-0.25, -0.2) is 9.59 Å². The molecule has 11 rings (SSSR count). The molecule has 0 unspecified atom stereocenters. The molecule has 21 heteroatoms. The van der Waals surface area contributed by atoms with Gasteiger partial charge in [0.15, 0.2) is 29.6 Å². The molecule has 3 amide bonds. The van der Waals surface area contributed by atoms with Crippen molar-refractivity contribution < 1.29 is 83.1 Å². The third kappa shape index (κ3) is 8.88. The Morgan fingerprint density at radius 3 is 2.35 bits per heavy atom. The first-order chi connectivity index (χ1) is 35.2. The van der Waals surface area contributed by atoms with Gasteiger partial charge < -0.3 is 70.3 Å². The molecule has 7 aliphatic carbocycles. The third-order valence-corrected chi connectivity index (χ3v) is 18.2. The summed E-state index contributed by atoms with van der Waals surface area (Å²) in [7, 11) is 0. The number of carbonyl (C=O) groups excluding carboxylic acids is 5. The fourth-order valence-electron chi connectivity index (χ4n) is 14.5. The molecule has 74 heavy (non-hydrogen) atoms. The van der Waals surface area contributed by atoms with Crippen LogP contribution in [0.1, 0.15) is 88.2 Å². The fraction of sp³-hybridized carbons (Fsp3) is 0.585. The van der Waals surface area contributed by atoms with E-state index in [2.05, 4.69) is 38.8 Å². The fourth-order valence-corrected chi connectivity index (χ4v) is 14.7. The van der Waals surface area contributed by atoms with Crippen molar-refractivity contribution in [1.82, 2.24) is 10.6 Å². The second kappa shape index (κ2) is 19.5. The number of allylic oxidation sites excluding steroid dienone is 4. The average Bonchev–Trinajstić information content (AvgIpc) is 3.85. The van der Waals surface area contributed by atoms with Gasteiger partial charge in [0.1, 0.15) is 37.3 Å². The van der Waals surface area contributed by atoms with E-state index in [0.29, 0.717) is 12.0 Å². The Morgan fingerprint density at radius 1 is 0.919 bits per heavy atom. The van der Waals surface area contributed by atoms with Gasteiger partial charge >= 0.3 is 12.1 Å². The standard InChI is InChI=1S/C53H62BrN3O17/c1-49-13-11-30(59)16-29(49)8-9-31-32-17-37-53(36(61)21-58,50(32,2)19-34(60)40(31)49)74-46(72-37)28-6-3-26(4-7-28)18-51-23-52(24-51,25-51)57-48(69)70-22-27-5-10-35(33(15-27)56-38(62)12-14-55-39(63)20-54)71-47-43(66)41(64)42(65)44(73-47)45(67)68/h3-7,10-11,13,15-16,31-32,34,37,40-44,46-47,58,60,64-66H,8-9,12,14,17-25H2,1-2H3,(H,55,63)(H,56,62)(H,57,69)(H,67,68)/t31-,32-,34-,37+,40+,41-,42-,43+,44-,46-,47+,49-,50-,51?,52?,53+/m0/s1. The maximum Gasteiger partial charge on any atom is 0.407 e. The molecule has 2 bridgehead atoms. The number of ketones is 2. The van der Waals surface area contributed by atoms with Crippen LogP contribution in [-0.2, 0) is 55.9 Å². The van der Waals surface area contributed by atoms with Crippen LogP contribution < -0.4 is 20.7 Å². The van der Waals surface area contributed by atoms with Crippen LogP contribution in [0, 0.1) is 34.0 Å². The monoisotopic (exact) mass is 1090 g/mol. The van der Waals surface area contributed by atoms with Gasteiger partial charge in [0.25, 0.3) is 0 Å². The van der Waals surface area contributed by atoms with Crippen LogP contribution in [0.4, 0.5) is 10.5 Å².